The maximum atomic E-state index is 5.22. The Hall–Kier alpha value is -9.57. The van der Waals surface area contributed by atoms with Crippen LogP contribution in [-0.4, -0.2) is 15.0 Å². The fourth-order valence-corrected chi connectivity index (χ4v) is 10.8. The largest absolute Gasteiger partial charge is 0.208 e. The van der Waals surface area contributed by atoms with Gasteiger partial charge in [0.1, 0.15) is 0 Å². The molecule has 0 unspecified atom stereocenters. The van der Waals surface area contributed by atoms with Gasteiger partial charge in [-0.05, 0) is 139 Å². The van der Waals surface area contributed by atoms with Gasteiger partial charge in [-0.1, -0.05) is 255 Å². The van der Waals surface area contributed by atoms with Crippen molar-refractivity contribution in [1.82, 2.24) is 15.0 Å². The van der Waals surface area contributed by atoms with E-state index in [1.165, 1.54) is 66.8 Å². The van der Waals surface area contributed by atoms with Crippen molar-refractivity contribution in [2.24, 2.45) is 0 Å². The van der Waals surface area contributed by atoms with E-state index in [-0.39, 0.29) is 5.92 Å². The van der Waals surface area contributed by atoms with Crippen LogP contribution < -0.4 is 0 Å². The Morgan fingerprint density at radius 3 is 0.974 bits per heavy atom. The van der Waals surface area contributed by atoms with E-state index in [0.29, 0.717) is 17.5 Å². The van der Waals surface area contributed by atoms with E-state index in [1.54, 1.807) is 0 Å². The molecule has 0 fully saturated rings. The maximum Gasteiger partial charge on any atom is 0.164 e. The van der Waals surface area contributed by atoms with Gasteiger partial charge in [0, 0.05) is 22.6 Å². The van der Waals surface area contributed by atoms with Crippen molar-refractivity contribution in [1.29, 1.82) is 0 Å². The summed E-state index contributed by atoms with van der Waals surface area (Å²) >= 11 is 0. The Balaban J connectivity index is 1.000. The van der Waals surface area contributed by atoms with E-state index in [4.69, 9.17) is 15.0 Å². The van der Waals surface area contributed by atoms with Crippen molar-refractivity contribution < 1.29 is 0 Å². The topological polar surface area (TPSA) is 38.7 Å². The van der Waals surface area contributed by atoms with Crippen LogP contribution in [0.15, 0.2) is 273 Å². The lowest BCUT2D eigenvalue weighted by molar-refractivity contribution is 0.983. The Kier molecular flexibility index (Phi) is 13.2. The summed E-state index contributed by atoms with van der Waals surface area (Å²) in [6.45, 7) is 6.66. The third-order valence-corrected chi connectivity index (χ3v) is 14.8. The van der Waals surface area contributed by atoms with Gasteiger partial charge in [-0.3, -0.25) is 0 Å². The van der Waals surface area contributed by atoms with E-state index in [0.717, 1.165) is 50.1 Å². The standard InChI is InChI=1S/C73H55N3/c1-49-22-10-13-33-61(49)64-36-16-18-38-66(64)70(67-39-19-17-37-65(67)62-34-14-11-23-50(62)2)68-45-44-58(48-69(68)63-35-15-12-24-51(63)3)54-40-42-55(43-41-54)71-74-72(59-31-20-29-56(46-59)52-25-6-4-7-26-52)76-73(75-71)60-32-21-30-57(47-60)53-27-8-5-9-28-53/h4-48,70H,1-3H3. The molecule has 3 heteroatoms. The lowest BCUT2D eigenvalue weighted by atomic mass is 9.75. The van der Waals surface area contributed by atoms with Crippen LogP contribution in [0.3, 0.4) is 0 Å². The number of hydrogen-bond donors (Lipinski definition) is 0. The molecule has 0 N–H and O–H groups in total. The molecular weight excluding hydrogens is 919 g/mol. The van der Waals surface area contributed by atoms with Gasteiger partial charge in [-0.2, -0.15) is 0 Å². The third-order valence-electron chi connectivity index (χ3n) is 14.8. The van der Waals surface area contributed by atoms with Gasteiger partial charge in [0.15, 0.2) is 17.5 Å². The summed E-state index contributed by atoms with van der Waals surface area (Å²) in [6, 6.07) is 98.0. The summed E-state index contributed by atoms with van der Waals surface area (Å²) in [5.41, 5.74) is 24.3. The highest BCUT2D eigenvalue weighted by Crippen LogP contribution is 2.47. The maximum absolute atomic E-state index is 5.22. The Labute approximate surface area is 446 Å². The molecule has 0 saturated carbocycles. The summed E-state index contributed by atoms with van der Waals surface area (Å²) in [4.78, 5) is 15.6. The summed E-state index contributed by atoms with van der Waals surface area (Å²) in [5, 5.41) is 0. The highest BCUT2D eigenvalue weighted by molar-refractivity contribution is 5.84. The third kappa shape index (κ3) is 9.59. The van der Waals surface area contributed by atoms with Crippen molar-refractivity contribution in [3.8, 4) is 101 Å². The lowest BCUT2D eigenvalue weighted by Gasteiger charge is -2.28. The molecule has 0 saturated heterocycles. The Morgan fingerprint density at radius 1 is 0.211 bits per heavy atom. The van der Waals surface area contributed by atoms with Crippen LogP contribution in [0, 0.1) is 20.8 Å². The van der Waals surface area contributed by atoms with Crippen LogP contribution in [0.1, 0.15) is 39.3 Å². The average molecular weight is 974 g/mol. The molecule has 0 spiro atoms. The van der Waals surface area contributed by atoms with Crippen LogP contribution in [-0.2, 0) is 0 Å². The van der Waals surface area contributed by atoms with Crippen molar-refractivity contribution in [2.45, 2.75) is 26.7 Å². The molecule has 0 bridgehead atoms. The smallest absolute Gasteiger partial charge is 0.164 e. The number of rotatable bonds is 12. The highest BCUT2D eigenvalue weighted by Gasteiger charge is 2.28. The van der Waals surface area contributed by atoms with Crippen LogP contribution in [0.4, 0.5) is 0 Å². The van der Waals surface area contributed by atoms with Crippen LogP contribution in [0.25, 0.3) is 101 Å². The molecule has 1 aromatic heterocycles. The number of aryl methyl sites for hydroxylation is 3. The van der Waals surface area contributed by atoms with Gasteiger partial charge in [-0.15, -0.1) is 0 Å². The number of hydrogen-bond acceptors (Lipinski definition) is 3. The molecule has 0 atom stereocenters. The monoisotopic (exact) mass is 973 g/mol. The van der Waals surface area contributed by atoms with Crippen molar-refractivity contribution in [2.75, 3.05) is 0 Å². The van der Waals surface area contributed by atoms with Gasteiger partial charge in [-0.25, -0.2) is 15.0 Å². The summed E-state index contributed by atoms with van der Waals surface area (Å²) in [6.07, 6.45) is 0. The first-order valence-corrected chi connectivity index (χ1v) is 26.1. The summed E-state index contributed by atoms with van der Waals surface area (Å²) in [5.74, 6) is 1.73. The minimum Gasteiger partial charge on any atom is -0.208 e. The first-order chi connectivity index (χ1) is 37.4. The van der Waals surface area contributed by atoms with Crippen molar-refractivity contribution in [3.63, 3.8) is 0 Å². The van der Waals surface area contributed by atoms with Crippen molar-refractivity contribution in [3.05, 3.63) is 306 Å². The number of nitrogens with zero attached hydrogens (tertiary/aromatic N) is 3. The van der Waals surface area contributed by atoms with Crippen LogP contribution in [0.5, 0.6) is 0 Å². The molecule has 11 aromatic carbocycles. The van der Waals surface area contributed by atoms with Gasteiger partial charge >= 0.3 is 0 Å². The van der Waals surface area contributed by atoms with E-state index < -0.39 is 0 Å². The normalized spacial score (nSPS) is 11.2. The minimum absolute atomic E-state index is 0.119. The fraction of sp³-hybridized carbons (Fsp3) is 0.0548. The molecule has 0 aliphatic carbocycles. The second-order valence-electron chi connectivity index (χ2n) is 19.6. The van der Waals surface area contributed by atoms with Gasteiger partial charge < -0.3 is 0 Å². The first kappa shape index (κ1) is 47.4. The predicted octanol–water partition coefficient (Wildman–Crippen LogP) is 19.0. The molecule has 0 aliphatic rings. The molecule has 3 nitrogen and oxygen atoms in total. The number of aromatic nitrogens is 3. The zero-order valence-electron chi connectivity index (χ0n) is 42.9. The zero-order valence-corrected chi connectivity index (χ0v) is 42.9. The predicted molar refractivity (Wildman–Crippen MR) is 317 cm³/mol. The van der Waals surface area contributed by atoms with E-state index in [1.807, 2.05) is 12.1 Å². The summed E-state index contributed by atoms with van der Waals surface area (Å²) < 4.78 is 0. The van der Waals surface area contributed by atoms with E-state index in [2.05, 4.69) is 282 Å². The van der Waals surface area contributed by atoms with Gasteiger partial charge in [0.05, 0.1) is 0 Å². The molecule has 12 rings (SSSR count). The second-order valence-corrected chi connectivity index (χ2v) is 19.6. The zero-order chi connectivity index (χ0) is 51.4. The van der Waals surface area contributed by atoms with Gasteiger partial charge in [0.2, 0.25) is 0 Å². The first-order valence-electron chi connectivity index (χ1n) is 26.1. The summed E-state index contributed by atoms with van der Waals surface area (Å²) in [7, 11) is 0. The molecule has 0 radical (unpaired) electrons. The molecule has 12 aromatic rings. The quantitative estimate of drug-likeness (QED) is 0.115. The molecule has 0 aliphatic heterocycles. The number of benzene rings is 11. The van der Waals surface area contributed by atoms with E-state index >= 15 is 0 Å². The van der Waals surface area contributed by atoms with Crippen LogP contribution in [0.2, 0.25) is 0 Å². The average Bonchev–Trinajstić information content (AvgIpc) is 3.51. The highest BCUT2D eigenvalue weighted by atomic mass is 15.0. The molecule has 0 amide bonds. The SMILES string of the molecule is Cc1ccccc1-c1ccccc1C(c1ccccc1-c1ccccc1C)c1ccc(-c2ccc(-c3nc(-c4cccc(-c5ccccc5)c4)nc(-c4cccc(-c5ccccc5)c4)n3)cc2)cc1-c1ccccc1C. The minimum atomic E-state index is -0.119. The molecule has 76 heavy (non-hydrogen) atoms. The Morgan fingerprint density at radius 2 is 0.513 bits per heavy atom. The van der Waals surface area contributed by atoms with Gasteiger partial charge in [0.25, 0.3) is 0 Å². The van der Waals surface area contributed by atoms with Crippen LogP contribution >= 0.6 is 0 Å². The molecule has 1 heterocycles. The van der Waals surface area contributed by atoms with Crippen molar-refractivity contribution >= 4 is 0 Å². The molecular formula is C73H55N3. The lowest BCUT2D eigenvalue weighted by Crippen LogP contribution is -2.09. The fourth-order valence-electron chi connectivity index (χ4n) is 10.8. The molecule has 362 valence electrons. The Bertz CT molecular complexity index is 3840. The second kappa shape index (κ2) is 21.1. The van der Waals surface area contributed by atoms with E-state index in [9.17, 15) is 0 Å².